The van der Waals surface area contributed by atoms with Crippen LogP contribution in [0.5, 0.6) is 0 Å². The van der Waals surface area contributed by atoms with Gasteiger partial charge in [0.15, 0.2) is 0 Å². The summed E-state index contributed by atoms with van der Waals surface area (Å²) >= 11 is 6.14. The molecule has 1 aliphatic rings. The van der Waals surface area contributed by atoms with Crippen LogP contribution in [0.3, 0.4) is 0 Å². The molecule has 0 saturated carbocycles. The van der Waals surface area contributed by atoms with Crippen LogP contribution in [-0.2, 0) is 11.3 Å². The van der Waals surface area contributed by atoms with Gasteiger partial charge in [-0.15, -0.1) is 0 Å². The van der Waals surface area contributed by atoms with E-state index in [4.69, 9.17) is 11.6 Å². The topological polar surface area (TPSA) is 32.3 Å². The van der Waals surface area contributed by atoms with E-state index in [2.05, 4.69) is 10.2 Å². The molecule has 1 N–H and O–H groups in total. The maximum absolute atomic E-state index is 11.7. The van der Waals surface area contributed by atoms with Gasteiger partial charge >= 0.3 is 0 Å². The molecule has 3 nitrogen and oxygen atoms in total. The Morgan fingerprint density at radius 1 is 1.53 bits per heavy atom. The highest BCUT2D eigenvalue weighted by Crippen LogP contribution is 2.23. The van der Waals surface area contributed by atoms with Gasteiger partial charge in [0.2, 0.25) is 5.91 Å². The number of nitrogens with zero attached hydrogens (tertiary/aromatic N) is 1. The molecule has 0 bridgehead atoms. The number of hydrogen-bond donors (Lipinski definition) is 1. The fourth-order valence-electron chi connectivity index (χ4n) is 2.32. The van der Waals surface area contributed by atoms with Crippen LogP contribution in [0.4, 0.5) is 0 Å². The highest BCUT2D eigenvalue weighted by Gasteiger charge is 2.29. The summed E-state index contributed by atoms with van der Waals surface area (Å²) in [5.74, 6) is 0.106. The third-order valence-electron chi connectivity index (χ3n) is 3.24. The van der Waals surface area contributed by atoms with Crippen molar-refractivity contribution in [2.45, 2.75) is 25.4 Å². The lowest BCUT2D eigenvalue weighted by molar-refractivity contribution is -0.125. The summed E-state index contributed by atoms with van der Waals surface area (Å²) < 4.78 is 0. The van der Waals surface area contributed by atoms with Gasteiger partial charge in [0, 0.05) is 18.6 Å². The Morgan fingerprint density at radius 3 is 3.00 bits per heavy atom. The van der Waals surface area contributed by atoms with Gasteiger partial charge in [-0.1, -0.05) is 29.8 Å². The van der Waals surface area contributed by atoms with Gasteiger partial charge in [0.1, 0.15) is 0 Å². The Balaban J connectivity index is 2.08. The first-order valence-corrected chi connectivity index (χ1v) is 6.29. The molecule has 1 aromatic rings. The standard InChI is InChI=1S/C13H17ClN2O/c1-15-13(17)12-7-4-8-16(12)9-10-5-2-3-6-11(10)14/h2-3,5-6,12H,4,7-9H2,1H3,(H,15,17). The van der Waals surface area contributed by atoms with Crippen molar-refractivity contribution in [3.05, 3.63) is 34.9 Å². The fraction of sp³-hybridized carbons (Fsp3) is 0.462. The third-order valence-corrected chi connectivity index (χ3v) is 3.61. The molecule has 0 spiro atoms. The Labute approximate surface area is 107 Å². The summed E-state index contributed by atoms with van der Waals surface area (Å²) in [5, 5.41) is 3.50. The second-order valence-electron chi connectivity index (χ2n) is 4.33. The van der Waals surface area contributed by atoms with E-state index in [9.17, 15) is 4.79 Å². The van der Waals surface area contributed by atoms with E-state index in [1.165, 1.54) is 0 Å². The van der Waals surface area contributed by atoms with Crippen molar-refractivity contribution in [3.8, 4) is 0 Å². The van der Waals surface area contributed by atoms with E-state index in [1.54, 1.807) is 7.05 Å². The molecule has 1 aromatic carbocycles. The first-order valence-electron chi connectivity index (χ1n) is 5.91. The van der Waals surface area contributed by atoms with Crippen LogP contribution in [0.2, 0.25) is 5.02 Å². The summed E-state index contributed by atoms with van der Waals surface area (Å²) in [4.78, 5) is 13.9. The summed E-state index contributed by atoms with van der Waals surface area (Å²) in [6.45, 7) is 1.71. The molecule has 1 aliphatic heterocycles. The molecule has 2 rings (SSSR count). The zero-order valence-electron chi connectivity index (χ0n) is 9.95. The van der Waals surface area contributed by atoms with Crippen molar-refractivity contribution in [2.24, 2.45) is 0 Å². The molecule has 1 heterocycles. The number of benzene rings is 1. The Morgan fingerprint density at radius 2 is 2.29 bits per heavy atom. The number of likely N-dealkylation sites (N-methyl/N-ethyl adjacent to an activating group) is 1. The van der Waals surface area contributed by atoms with Crippen LogP contribution in [0, 0.1) is 0 Å². The Kier molecular flexibility index (Phi) is 4.02. The second kappa shape index (κ2) is 5.52. The van der Waals surface area contributed by atoms with Crippen molar-refractivity contribution in [1.82, 2.24) is 10.2 Å². The van der Waals surface area contributed by atoms with E-state index in [0.717, 1.165) is 36.5 Å². The number of hydrogen-bond acceptors (Lipinski definition) is 2. The van der Waals surface area contributed by atoms with E-state index >= 15 is 0 Å². The third kappa shape index (κ3) is 2.79. The molecule has 0 aromatic heterocycles. The maximum atomic E-state index is 11.7. The zero-order valence-corrected chi connectivity index (χ0v) is 10.7. The van der Waals surface area contributed by atoms with Gasteiger partial charge in [-0.3, -0.25) is 9.69 Å². The molecule has 1 unspecified atom stereocenters. The zero-order chi connectivity index (χ0) is 12.3. The van der Waals surface area contributed by atoms with E-state index in [1.807, 2.05) is 24.3 Å². The summed E-state index contributed by atoms with van der Waals surface area (Å²) in [6.07, 6.45) is 2.01. The average molecular weight is 253 g/mol. The first-order chi connectivity index (χ1) is 8.22. The first kappa shape index (κ1) is 12.4. The van der Waals surface area contributed by atoms with Crippen LogP contribution in [0.15, 0.2) is 24.3 Å². The molecular weight excluding hydrogens is 236 g/mol. The van der Waals surface area contributed by atoms with Crippen LogP contribution < -0.4 is 5.32 Å². The molecule has 4 heteroatoms. The summed E-state index contributed by atoms with van der Waals surface area (Å²) in [7, 11) is 1.69. The number of likely N-dealkylation sites (tertiary alicyclic amines) is 1. The van der Waals surface area contributed by atoms with Crippen LogP contribution in [0.1, 0.15) is 18.4 Å². The number of carbonyl (C=O) groups excluding carboxylic acids is 1. The van der Waals surface area contributed by atoms with Gasteiger partial charge in [0.05, 0.1) is 6.04 Å². The highest BCUT2D eigenvalue weighted by atomic mass is 35.5. The summed E-state index contributed by atoms with van der Waals surface area (Å²) in [6, 6.07) is 7.80. The monoisotopic (exact) mass is 252 g/mol. The van der Waals surface area contributed by atoms with Crippen molar-refractivity contribution in [2.75, 3.05) is 13.6 Å². The number of carbonyl (C=O) groups is 1. The average Bonchev–Trinajstić information content (AvgIpc) is 2.79. The smallest absolute Gasteiger partial charge is 0.237 e. The Hall–Kier alpha value is -1.06. The lowest BCUT2D eigenvalue weighted by atomic mass is 10.1. The van der Waals surface area contributed by atoms with Crippen molar-refractivity contribution < 1.29 is 4.79 Å². The number of nitrogens with one attached hydrogen (secondary N) is 1. The normalized spacial score (nSPS) is 20.5. The minimum Gasteiger partial charge on any atom is -0.358 e. The predicted octanol–water partition coefficient (Wildman–Crippen LogP) is 2.05. The molecule has 0 aliphatic carbocycles. The molecule has 0 radical (unpaired) electrons. The van der Waals surface area contributed by atoms with Gasteiger partial charge in [-0.05, 0) is 31.0 Å². The molecule has 1 amide bonds. The fourth-order valence-corrected chi connectivity index (χ4v) is 2.52. The Bertz CT molecular complexity index is 408. The largest absolute Gasteiger partial charge is 0.358 e. The lowest BCUT2D eigenvalue weighted by Crippen LogP contribution is -2.41. The van der Waals surface area contributed by atoms with Gasteiger partial charge in [-0.25, -0.2) is 0 Å². The summed E-state index contributed by atoms with van der Waals surface area (Å²) in [5.41, 5.74) is 1.09. The van der Waals surface area contributed by atoms with E-state index < -0.39 is 0 Å². The van der Waals surface area contributed by atoms with Crippen LogP contribution in [-0.4, -0.2) is 30.4 Å². The van der Waals surface area contributed by atoms with Crippen molar-refractivity contribution in [1.29, 1.82) is 0 Å². The van der Waals surface area contributed by atoms with Crippen LogP contribution in [0.25, 0.3) is 0 Å². The maximum Gasteiger partial charge on any atom is 0.237 e. The number of amides is 1. The SMILES string of the molecule is CNC(=O)C1CCCN1Cc1ccccc1Cl. The number of halogens is 1. The van der Waals surface area contributed by atoms with Gasteiger partial charge in [0.25, 0.3) is 0 Å². The van der Waals surface area contributed by atoms with Gasteiger partial charge in [-0.2, -0.15) is 0 Å². The van der Waals surface area contributed by atoms with E-state index in [-0.39, 0.29) is 11.9 Å². The minimum atomic E-state index is -0.00345. The minimum absolute atomic E-state index is 0.00345. The van der Waals surface area contributed by atoms with Crippen molar-refractivity contribution >= 4 is 17.5 Å². The highest BCUT2D eigenvalue weighted by molar-refractivity contribution is 6.31. The van der Waals surface area contributed by atoms with E-state index in [0.29, 0.717) is 0 Å². The predicted molar refractivity (Wildman–Crippen MR) is 69.0 cm³/mol. The number of rotatable bonds is 3. The molecule has 1 fully saturated rings. The van der Waals surface area contributed by atoms with Gasteiger partial charge < -0.3 is 5.32 Å². The quantitative estimate of drug-likeness (QED) is 0.893. The molecule has 17 heavy (non-hydrogen) atoms. The molecule has 92 valence electrons. The molecular formula is C13H17ClN2O. The molecule has 1 atom stereocenters. The van der Waals surface area contributed by atoms with Crippen molar-refractivity contribution in [3.63, 3.8) is 0 Å². The van der Waals surface area contributed by atoms with Crippen LogP contribution >= 0.6 is 11.6 Å². The lowest BCUT2D eigenvalue weighted by Gasteiger charge is -2.23. The second-order valence-corrected chi connectivity index (χ2v) is 4.74. The molecule has 1 saturated heterocycles.